The van der Waals surface area contributed by atoms with E-state index in [0.29, 0.717) is 22.6 Å². The van der Waals surface area contributed by atoms with Gasteiger partial charge in [0.05, 0.1) is 12.7 Å². The summed E-state index contributed by atoms with van der Waals surface area (Å²) in [5, 5.41) is 11.4. The number of hydrogen-bond donors (Lipinski definition) is 0. The summed E-state index contributed by atoms with van der Waals surface area (Å²) in [6.45, 7) is 0. The van der Waals surface area contributed by atoms with Crippen LogP contribution >= 0.6 is 0 Å². The maximum atomic E-state index is 12.8. The van der Waals surface area contributed by atoms with Crippen LogP contribution in [0.25, 0.3) is 16.3 Å². The Balaban J connectivity index is 1.87. The molecule has 1 heterocycles. The van der Waals surface area contributed by atoms with Crippen LogP contribution in [0.4, 0.5) is 0 Å². The number of Topliss-reactive ketones (excluding diaryl/α,β-unsaturated/α-hetero) is 1. The monoisotopic (exact) mass is 327 g/mol. The maximum absolute atomic E-state index is 12.8. The molecule has 4 rings (SSSR count). The van der Waals surface area contributed by atoms with Gasteiger partial charge in [-0.25, -0.2) is 0 Å². The fourth-order valence-corrected chi connectivity index (χ4v) is 2.97. The lowest BCUT2D eigenvalue weighted by atomic mass is 10.0. The third-order valence-corrected chi connectivity index (χ3v) is 4.25. The van der Waals surface area contributed by atoms with E-state index in [1.165, 1.54) is 0 Å². The zero-order valence-electron chi connectivity index (χ0n) is 13.4. The summed E-state index contributed by atoms with van der Waals surface area (Å²) >= 11 is 0. The van der Waals surface area contributed by atoms with Crippen LogP contribution in [0.2, 0.25) is 0 Å². The van der Waals surface area contributed by atoms with Gasteiger partial charge in [0, 0.05) is 5.39 Å². The average Bonchev–Trinajstić information content (AvgIpc) is 3.00. The molecule has 1 aliphatic rings. The molecule has 120 valence electrons. The van der Waals surface area contributed by atoms with E-state index >= 15 is 0 Å². The Labute approximate surface area is 144 Å². The van der Waals surface area contributed by atoms with Gasteiger partial charge in [-0.1, -0.05) is 30.3 Å². The Kier molecular flexibility index (Phi) is 3.48. The highest BCUT2D eigenvalue weighted by molar-refractivity contribution is 6.20. The predicted molar refractivity (Wildman–Crippen MR) is 94.4 cm³/mol. The SMILES string of the molecule is COc1ccc(/C(C#N)=C2\Oc3c(ccc4ccccc34)C2=O)cc1. The fraction of sp³-hybridized carbons (Fsp3) is 0.0476. The minimum Gasteiger partial charge on any atom is -0.497 e. The predicted octanol–water partition coefficient (Wildman–Crippen LogP) is 4.36. The van der Waals surface area contributed by atoms with Crippen LogP contribution in [0.15, 0.2) is 66.4 Å². The number of ketones is 1. The second kappa shape index (κ2) is 5.81. The third-order valence-electron chi connectivity index (χ3n) is 4.25. The van der Waals surface area contributed by atoms with Crippen molar-refractivity contribution in [2.45, 2.75) is 0 Å². The average molecular weight is 327 g/mol. The summed E-state index contributed by atoms with van der Waals surface area (Å²) in [7, 11) is 1.57. The molecule has 0 atom stereocenters. The van der Waals surface area contributed by atoms with Gasteiger partial charge in [-0.05, 0) is 41.3 Å². The van der Waals surface area contributed by atoms with Crippen molar-refractivity contribution in [1.29, 1.82) is 5.26 Å². The van der Waals surface area contributed by atoms with E-state index in [2.05, 4.69) is 6.07 Å². The highest BCUT2D eigenvalue weighted by atomic mass is 16.5. The molecular weight excluding hydrogens is 314 g/mol. The van der Waals surface area contributed by atoms with Crippen molar-refractivity contribution in [2.24, 2.45) is 0 Å². The summed E-state index contributed by atoms with van der Waals surface area (Å²) in [6.07, 6.45) is 0. The van der Waals surface area contributed by atoms with Crippen LogP contribution < -0.4 is 9.47 Å². The summed E-state index contributed by atoms with van der Waals surface area (Å²) in [5.41, 5.74) is 1.31. The number of fused-ring (bicyclic) bond motifs is 3. The quantitative estimate of drug-likeness (QED) is 0.518. The second-order valence-electron chi connectivity index (χ2n) is 5.64. The van der Waals surface area contributed by atoms with Gasteiger partial charge in [-0.3, -0.25) is 4.79 Å². The van der Waals surface area contributed by atoms with Crippen molar-refractivity contribution in [2.75, 3.05) is 7.11 Å². The Hall–Kier alpha value is -3.58. The summed E-state index contributed by atoms with van der Waals surface area (Å²) in [4.78, 5) is 12.8. The molecule has 0 fully saturated rings. The zero-order chi connectivity index (χ0) is 17.4. The Morgan fingerprint density at radius 1 is 1.04 bits per heavy atom. The van der Waals surface area contributed by atoms with Gasteiger partial charge in [0.1, 0.15) is 23.1 Å². The normalized spacial score (nSPS) is 14.6. The number of hydrogen-bond acceptors (Lipinski definition) is 4. The molecule has 1 aliphatic heterocycles. The smallest absolute Gasteiger partial charge is 0.233 e. The minimum atomic E-state index is -0.270. The molecule has 4 heteroatoms. The van der Waals surface area contributed by atoms with Crippen LogP contribution in [0, 0.1) is 11.3 Å². The van der Waals surface area contributed by atoms with Gasteiger partial charge in [0.2, 0.25) is 5.78 Å². The largest absolute Gasteiger partial charge is 0.497 e. The lowest BCUT2D eigenvalue weighted by Gasteiger charge is -2.06. The molecule has 25 heavy (non-hydrogen) atoms. The molecule has 0 N–H and O–H groups in total. The Morgan fingerprint density at radius 2 is 1.80 bits per heavy atom. The number of nitrogens with zero attached hydrogens (tertiary/aromatic N) is 1. The van der Waals surface area contributed by atoms with Crippen molar-refractivity contribution in [3.8, 4) is 17.6 Å². The van der Waals surface area contributed by atoms with Gasteiger partial charge < -0.3 is 9.47 Å². The van der Waals surface area contributed by atoms with E-state index in [4.69, 9.17) is 9.47 Å². The zero-order valence-corrected chi connectivity index (χ0v) is 13.4. The standard InChI is InChI=1S/C21H13NO3/c1-24-15-9-6-14(7-10-15)18(12-22)21-19(23)17-11-8-13-4-2-3-5-16(13)20(17)25-21/h2-11H,1H3/b21-18-. The molecule has 0 saturated heterocycles. The first-order valence-electron chi connectivity index (χ1n) is 7.76. The molecule has 0 aliphatic carbocycles. The van der Waals surface area contributed by atoms with Gasteiger partial charge >= 0.3 is 0 Å². The van der Waals surface area contributed by atoms with E-state index in [0.717, 1.165) is 10.8 Å². The van der Waals surface area contributed by atoms with E-state index in [1.807, 2.05) is 30.3 Å². The molecule has 0 spiro atoms. The lowest BCUT2D eigenvalue weighted by molar-refractivity contribution is 0.101. The van der Waals surface area contributed by atoms with Crippen molar-refractivity contribution in [3.05, 3.63) is 77.5 Å². The number of allylic oxidation sites excluding steroid dienone is 2. The van der Waals surface area contributed by atoms with Gasteiger partial charge in [-0.2, -0.15) is 5.26 Å². The summed E-state index contributed by atoms with van der Waals surface area (Å²) in [5.74, 6) is 0.991. The van der Waals surface area contributed by atoms with Crippen molar-refractivity contribution < 1.29 is 14.3 Å². The van der Waals surface area contributed by atoms with E-state index in [-0.39, 0.29) is 17.1 Å². The minimum absolute atomic E-state index is 0.0685. The van der Waals surface area contributed by atoms with Crippen molar-refractivity contribution >= 4 is 22.1 Å². The lowest BCUT2D eigenvalue weighted by Crippen LogP contribution is -2.02. The van der Waals surface area contributed by atoms with Crippen LogP contribution in [-0.4, -0.2) is 12.9 Å². The topological polar surface area (TPSA) is 59.3 Å². The number of carbonyl (C=O) groups excluding carboxylic acids is 1. The number of rotatable bonds is 2. The van der Waals surface area contributed by atoms with Crippen LogP contribution in [0.5, 0.6) is 11.5 Å². The number of carbonyl (C=O) groups is 1. The second-order valence-corrected chi connectivity index (χ2v) is 5.64. The molecule has 0 unspecified atom stereocenters. The number of ether oxygens (including phenoxy) is 2. The van der Waals surface area contributed by atoms with Crippen LogP contribution in [0.3, 0.4) is 0 Å². The molecule has 4 nitrogen and oxygen atoms in total. The first-order valence-corrected chi connectivity index (χ1v) is 7.76. The van der Waals surface area contributed by atoms with Gasteiger partial charge in [0.15, 0.2) is 5.76 Å². The highest BCUT2D eigenvalue weighted by Crippen LogP contribution is 2.40. The maximum Gasteiger partial charge on any atom is 0.233 e. The van der Waals surface area contributed by atoms with Crippen LogP contribution in [-0.2, 0) is 0 Å². The fourth-order valence-electron chi connectivity index (χ4n) is 2.97. The number of benzene rings is 3. The van der Waals surface area contributed by atoms with E-state index < -0.39 is 0 Å². The van der Waals surface area contributed by atoms with Crippen molar-refractivity contribution in [3.63, 3.8) is 0 Å². The molecule has 3 aromatic carbocycles. The molecule has 0 aromatic heterocycles. The van der Waals surface area contributed by atoms with Crippen LogP contribution in [0.1, 0.15) is 15.9 Å². The van der Waals surface area contributed by atoms with Gasteiger partial charge in [-0.15, -0.1) is 0 Å². The summed E-state index contributed by atoms with van der Waals surface area (Å²) < 4.78 is 11.0. The van der Waals surface area contributed by atoms with E-state index in [1.54, 1.807) is 37.4 Å². The van der Waals surface area contributed by atoms with Gasteiger partial charge in [0.25, 0.3) is 0 Å². The first-order chi connectivity index (χ1) is 12.2. The van der Waals surface area contributed by atoms with E-state index in [9.17, 15) is 10.1 Å². The molecule has 3 aromatic rings. The molecule has 0 radical (unpaired) electrons. The molecule has 0 bridgehead atoms. The molecule has 0 amide bonds. The molecule has 0 saturated carbocycles. The number of nitriles is 1. The first kappa shape index (κ1) is 15.0. The van der Waals surface area contributed by atoms with Crippen molar-refractivity contribution in [1.82, 2.24) is 0 Å². The Bertz CT molecular complexity index is 1070. The summed E-state index contributed by atoms with van der Waals surface area (Å²) in [6, 6.07) is 20.4. The molecular formula is C21H13NO3. The third kappa shape index (κ3) is 2.34. The number of methoxy groups -OCH3 is 1. The Morgan fingerprint density at radius 3 is 2.52 bits per heavy atom. The highest BCUT2D eigenvalue weighted by Gasteiger charge is 2.32.